The van der Waals surface area contributed by atoms with Crippen molar-refractivity contribution in [3.05, 3.63) is 64.4 Å². The first-order chi connectivity index (χ1) is 10.1. The summed E-state index contributed by atoms with van der Waals surface area (Å²) >= 11 is 5.87. The van der Waals surface area contributed by atoms with Gasteiger partial charge in [0.2, 0.25) is 0 Å². The van der Waals surface area contributed by atoms with Crippen LogP contribution in [0.15, 0.2) is 47.6 Å². The number of aromatic amines is 2. The maximum Gasteiger partial charge on any atom is 0.0656 e. The number of halogens is 2. The van der Waals surface area contributed by atoms with Gasteiger partial charge in [-0.05, 0) is 61.4 Å². The van der Waals surface area contributed by atoms with E-state index in [1.54, 1.807) is 0 Å². The molecule has 3 nitrogen and oxygen atoms in total. The molecule has 2 heterocycles. The Kier molecular flexibility index (Phi) is 5.11. The Hall–Kier alpha value is -1.97. The zero-order valence-electron chi connectivity index (χ0n) is 12.4. The van der Waals surface area contributed by atoms with Gasteiger partial charge < -0.3 is 9.97 Å². The van der Waals surface area contributed by atoms with Crippen LogP contribution in [0.1, 0.15) is 16.8 Å². The van der Waals surface area contributed by atoms with Gasteiger partial charge in [0.1, 0.15) is 0 Å². The average Bonchev–Trinajstić information content (AvgIpc) is 3.10. The molecule has 0 atom stereocenters. The Bertz CT molecular complexity index is 769. The van der Waals surface area contributed by atoms with E-state index in [9.17, 15) is 0 Å². The third-order valence-electron chi connectivity index (χ3n) is 3.64. The first-order valence-electron chi connectivity index (χ1n) is 6.77. The van der Waals surface area contributed by atoms with Crippen molar-refractivity contribution in [1.82, 2.24) is 9.97 Å². The predicted octanol–water partition coefficient (Wildman–Crippen LogP) is 5.45. The van der Waals surface area contributed by atoms with E-state index < -0.39 is 0 Å². The summed E-state index contributed by atoms with van der Waals surface area (Å²) in [5.74, 6) is 0. The minimum Gasteiger partial charge on any atom is -0.360 e. The van der Waals surface area contributed by atoms with Gasteiger partial charge in [0.05, 0.1) is 29.0 Å². The molecule has 2 aromatic heterocycles. The summed E-state index contributed by atoms with van der Waals surface area (Å²) in [5, 5.41) is 0.717. The van der Waals surface area contributed by atoms with Crippen molar-refractivity contribution in [3.8, 4) is 11.4 Å². The van der Waals surface area contributed by atoms with Crippen LogP contribution in [-0.4, -0.2) is 16.2 Å². The smallest absolute Gasteiger partial charge is 0.0656 e. The van der Waals surface area contributed by atoms with Crippen molar-refractivity contribution in [2.45, 2.75) is 13.8 Å². The molecular formula is C17H17Cl2N3. The van der Waals surface area contributed by atoms with Crippen LogP contribution in [0.25, 0.3) is 11.4 Å². The summed E-state index contributed by atoms with van der Waals surface area (Å²) in [6.45, 7) is 4.21. The molecule has 5 heteroatoms. The molecule has 1 aromatic carbocycles. The summed E-state index contributed by atoms with van der Waals surface area (Å²) in [6, 6.07) is 11.5. The second-order valence-electron chi connectivity index (χ2n) is 4.98. The second kappa shape index (κ2) is 6.86. The lowest BCUT2D eigenvalue weighted by atomic mass is 10.1. The Morgan fingerprint density at radius 1 is 1.05 bits per heavy atom. The Morgan fingerprint density at radius 2 is 1.77 bits per heavy atom. The normalized spacial score (nSPS) is 10.9. The molecule has 0 saturated carbocycles. The summed E-state index contributed by atoms with van der Waals surface area (Å²) in [6.07, 6.45) is 3.78. The fourth-order valence-corrected chi connectivity index (χ4v) is 2.39. The van der Waals surface area contributed by atoms with E-state index in [0.717, 1.165) is 27.8 Å². The van der Waals surface area contributed by atoms with E-state index in [4.69, 9.17) is 11.6 Å². The van der Waals surface area contributed by atoms with Crippen LogP contribution in [0.3, 0.4) is 0 Å². The Labute approximate surface area is 140 Å². The van der Waals surface area contributed by atoms with Gasteiger partial charge in [0, 0.05) is 11.2 Å². The molecule has 0 fully saturated rings. The molecule has 0 amide bonds. The fourth-order valence-electron chi connectivity index (χ4n) is 2.26. The average molecular weight is 334 g/mol. The molecule has 0 aliphatic rings. The van der Waals surface area contributed by atoms with Crippen LogP contribution in [0, 0.1) is 13.8 Å². The van der Waals surface area contributed by atoms with E-state index in [2.05, 4.69) is 34.9 Å². The van der Waals surface area contributed by atoms with Crippen LogP contribution in [-0.2, 0) is 0 Å². The van der Waals surface area contributed by atoms with Crippen molar-refractivity contribution < 1.29 is 0 Å². The number of nitrogens with one attached hydrogen (secondary N) is 2. The number of H-pyrrole nitrogens is 2. The molecule has 0 spiro atoms. The molecule has 3 rings (SSSR count). The Morgan fingerprint density at radius 3 is 2.41 bits per heavy atom. The minimum absolute atomic E-state index is 0. The topological polar surface area (TPSA) is 43.9 Å². The number of benzene rings is 1. The summed E-state index contributed by atoms with van der Waals surface area (Å²) < 4.78 is 0. The highest BCUT2D eigenvalue weighted by atomic mass is 35.5. The predicted molar refractivity (Wildman–Crippen MR) is 96.0 cm³/mol. The molecule has 0 unspecified atom stereocenters. The molecular weight excluding hydrogens is 317 g/mol. The van der Waals surface area contributed by atoms with Crippen LogP contribution < -0.4 is 0 Å². The maximum atomic E-state index is 5.87. The van der Waals surface area contributed by atoms with Crippen LogP contribution in [0.2, 0.25) is 5.02 Å². The van der Waals surface area contributed by atoms with Gasteiger partial charge in [0.25, 0.3) is 0 Å². The lowest BCUT2D eigenvalue weighted by Gasteiger charge is -1.95. The van der Waals surface area contributed by atoms with E-state index in [1.807, 2.05) is 42.7 Å². The van der Waals surface area contributed by atoms with E-state index in [-0.39, 0.29) is 12.4 Å². The zero-order chi connectivity index (χ0) is 14.8. The Balaban J connectivity index is 0.00000176. The molecule has 0 saturated heterocycles. The SMILES string of the molecule is Cc1c(C=Nc2ccc(Cl)cc2)[nH]c(-c2ccc[nH]2)c1C.Cl. The summed E-state index contributed by atoms with van der Waals surface area (Å²) in [5.41, 5.74) is 6.53. The number of rotatable bonds is 3. The fraction of sp³-hybridized carbons (Fsp3) is 0.118. The first-order valence-corrected chi connectivity index (χ1v) is 7.15. The number of nitrogens with zero attached hydrogens (tertiary/aromatic N) is 1. The van der Waals surface area contributed by atoms with Crippen molar-refractivity contribution in [2.24, 2.45) is 4.99 Å². The third kappa shape index (κ3) is 3.26. The van der Waals surface area contributed by atoms with Gasteiger partial charge in [-0.15, -0.1) is 12.4 Å². The van der Waals surface area contributed by atoms with E-state index >= 15 is 0 Å². The first kappa shape index (κ1) is 16.4. The highest BCUT2D eigenvalue weighted by molar-refractivity contribution is 6.30. The monoisotopic (exact) mass is 333 g/mol. The summed E-state index contributed by atoms with van der Waals surface area (Å²) in [7, 11) is 0. The van der Waals surface area contributed by atoms with Crippen LogP contribution in [0.4, 0.5) is 5.69 Å². The maximum absolute atomic E-state index is 5.87. The standard InChI is InChI=1S/C17H16ClN3.ClH/c1-11-12(2)17(15-4-3-9-19-15)21-16(11)10-20-14-7-5-13(18)6-8-14;/h3-10,19,21H,1-2H3;1H. The van der Waals surface area contributed by atoms with E-state index in [1.165, 1.54) is 11.1 Å². The second-order valence-corrected chi connectivity index (χ2v) is 5.42. The van der Waals surface area contributed by atoms with E-state index in [0.29, 0.717) is 0 Å². The van der Waals surface area contributed by atoms with Crippen molar-refractivity contribution in [3.63, 3.8) is 0 Å². The van der Waals surface area contributed by atoms with Gasteiger partial charge in [-0.1, -0.05) is 11.6 Å². The number of hydrogen-bond acceptors (Lipinski definition) is 1. The van der Waals surface area contributed by atoms with Gasteiger partial charge in [0.15, 0.2) is 0 Å². The molecule has 22 heavy (non-hydrogen) atoms. The quantitative estimate of drug-likeness (QED) is 0.598. The molecule has 0 radical (unpaired) electrons. The molecule has 0 aliphatic carbocycles. The molecule has 3 aromatic rings. The lowest BCUT2D eigenvalue weighted by Crippen LogP contribution is -1.84. The third-order valence-corrected chi connectivity index (χ3v) is 3.89. The molecule has 114 valence electrons. The van der Waals surface area contributed by atoms with Crippen molar-refractivity contribution in [2.75, 3.05) is 0 Å². The van der Waals surface area contributed by atoms with Crippen LogP contribution >= 0.6 is 24.0 Å². The van der Waals surface area contributed by atoms with Gasteiger partial charge in [-0.2, -0.15) is 0 Å². The van der Waals surface area contributed by atoms with Gasteiger partial charge >= 0.3 is 0 Å². The van der Waals surface area contributed by atoms with Gasteiger partial charge in [-0.25, -0.2) is 0 Å². The minimum atomic E-state index is 0. The number of hydrogen-bond donors (Lipinski definition) is 2. The number of aromatic nitrogens is 2. The highest BCUT2D eigenvalue weighted by Crippen LogP contribution is 2.25. The molecule has 0 bridgehead atoms. The lowest BCUT2D eigenvalue weighted by molar-refractivity contribution is 1.30. The number of aliphatic imine (C=N–C) groups is 1. The molecule has 2 N–H and O–H groups in total. The van der Waals surface area contributed by atoms with Crippen LogP contribution in [0.5, 0.6) is 0 Å². The summed E-state index contributed by atoms with van der Waals surface area (Å²) in [4.78, 5) is 11.1. The van der Waals surface area contributed by atoms with Crippen molar-refractivity contribution in [1.29, 1.82) is 0 Å². The van der Waals surface area contributed by atoms with Crippen molar-refractivity contribution >= 4 is 35.9 Å². The molecule has 0 aliphatic heterocycles. The largest absolute Gasteiger partial charge is 0.360 e. The zero-order valence-corrected chi connectivity index (χ0v) is 13.9. The van der Waals surface area contributed by atoms with Gasteiger partial charge in [-0.3, -0.25) is 4.99 Å². The highest BCUT2D eigenvalue weighted by Gasteiger charge is 2.11.